The Morgan fingerprint density at radius 1 is 1.14 bits per heavy atom. The Labute approximate surface area is 140 Å². The summed E-state index contributed by atoms with van der Waals surface area (Å²) in [6, 6.07) is 8.21. The van der Waals surface area contributed by atoms with Crippen LogP contribution in [-0.2, 0) is 0 Å². The molecule has 0 bridgehead atoms. The van der Waals surface area contributed by atoms with Gasteiger partial charge in [0.2, 0.25) is 0 Å². The van der Waals surface area contributed by atoms with Gasteiger partial charge in [-0.05, 0) is 30.3 Å². The second-order valence-corrected chi connectivity index (χ2v) is 5.79. The molecule has 5 nitrogen and oxygen atoms in total. The molecule has 0 spiro atoms. The molecule has 4 N–H and O–H groups in total. The molecule has 0 saturated heterocycles. The normalized spacial score (nSPS) is 10.9. The van der Waals surface area contributed by atoms with Gasteiger partial charge >= 0.3 is 0 Å². The molecule has 0 radical (unpaired) electrons. The second kappa shape index (κ2) is 5.78. The summed E-state index contributed by atoms with van der Waals surface area (Å²) in [7, 11) is 0. The van der Waals surface area contributed by atoms with Crippen molar-refractivity contribution in [2.75, 3.05) is 0 Å². The lowest BCUT2D eigenvalue weighted by Gasteiger charge is -2.00. The molecule has 8 heteroatoms. The molecule has 112 valence electrons. The molecule has 0 saturated carbocycles. The number of nitrogen functional groups attached to an aromatic ring is 1. The van der Waals surface area contributed by atoms with Crippen LogP contribution < -0.4 is 11.3 Å². The molecule has 0 aliphatic carbocycles. The number of imidazole rings is 1. The Morgan fingerprint density at radius 2 is 1.91 bits per heavy atom. The molecular formula is C14H9Cl3N4O. The van der Waals surface area contributed by atoms with Gasteiger partial charge < -0.3 is 4.98 Å². The van der Waals surface area contributed by atoms with Crippen molar-refractivity contribution in [2.45, 2.75) is 0 Å². The van der Waals surface area contributed by atoms with Crippen molar-refractivity contribution < 1.29 is 4.79 Å². The minimum atomic E-state index is -0.440. The van der Waals surface area contributed by atoms with Gasteiger partial charge in [0.25, 0.3) is 5.91 Å². The van der Waals surface area contributed by atoms with Crippen molar-refractivity contribution in [3.63, 3.8) is 0 Å². The largest absolute Gasteiger partial charge is 0.338 e. The van der Waals surface area contributed by atoms with Crippen LogP contribution in [0.4, 0.5) is 0 Å². The van der Waals surface area contributed by atoms with E-state index in [2.05, 4.69) is 15.4 Å². The van der Waals surface area contributed by atoms with Crippen LogP contribution >= 0.6 is 34.8 Å². The number of rotatable bonds is 2. The van der Waals surface area contributed by atoms with Crippen LogP contribution in [-0.4, -0.2) is 15.9 Å². The molecule has 3 rings (SSSR count). The fourth-order valence-electron chi connectivity index (χ4n) is 2.10. The van der Waals surface area contributed by atoms with Gasteiger partial charge in [-0.25, -0.2) is 10.8 Å². The highest BCUT2D eigenvalue weighted by molar-refractivity contribution is 6.37. The molecule has 0 aliphatic heterocycles. The Hall–Kier alpha value is -1.79. The topological polar surface area (TPSA) is 83.8 Å². The minimum Gasteiger partial charge on any atom is -0.338 e. The van der Waals surface area contributed by atoms with Gasteiger partial charge in [-0.1, -0.05) is 34.8 Å². The number of H-pyrrole nitrogens is 1. The van der Waals surface area contributed by atoms with Gasteiger partial charge in [-0.3, -0.25) is 10.2 Å². The lowest BCUT2D eigenvalue weighted by Crippen LogP contribution is -2.29. The number of halogens is 3. The number of hydrazine groups is 1. The number of fused-ring (bicyclic) bond motifs is 1. The molecular weight excluding hydrogens is 347 g/mol. The summed E-state index contributed by atoms with van der Waals surface area (Å²) in [5, 5.41) is 1.33. The van der Waals surface area contributed by atoms with E-state index in [1.165, 1.54) is 6.07 Å². The Balaban J connectivity index is 2.17. The van der Waals surface area contributed by atoms with E-state index in [4.69, 9.17) is 40.6 Å². The minimum absolute atomic E-state index is 0.331. The van der Waals surface area contributed by atoms with E-state index in [0.29, 0.717) is 43.1 Å². The van der Waals surface area contributed by atoms with Crippen molar-refractivity contribution >= 4 is 51.7 Å². The van der Waals surface area contributed by atoms with Crippen molar-refractivity contribution in [3.8, 4) is 11.4 Å². The lowest BCUT2D eigenvalue weighted by atomic mass is 10.2. The third-order valence-electron chi connectivity index (χ3n) is 3.12. The summed E-state index contributed by atoms with van der Waals surface area (Å²) in [4.78, 5) is 19.1. The highest BCUT2D eigenvalue weighted by atomic mass is 35.5. The molecule has 1 amide bonds. The maximum atomic E-state index is 11.6. The summed E-state index contributed by atoms with van der Waals surface area (Å²) in [5.74, 6) is 5.22. The predicted octanol–water partition coefficient (Wildman–Crippen LogP) is 3.79. The summed E-state index contributed by atoms with van der Waals surface area (Å²) >= 11 is 18.2. The SMILES string of the molecule is NNC(=O)c1cc(Cl)c2nc(-c3ccc(Cl)cc3Cl)[nH]c2c1. The molecule has 0 aliphatic rings. The average molecular weight is 356 g/mol. The highest BCUT2D eigenvalue weighted by Gasteiger charge is 2.14. The molecule has 1 aromatic heterocycles. The fraction of sp³-hybridized carbons (Fsp3) is 0. The molecule has 1 heterocycles. The van der Waals surface area contributed by atoms with Crippen molar-refractivity contribution in [1.29, 1.82) is 0 Å². The van der Waals surface area contributed by atoms with E-state index in [9.17, 15) is 4.79 Å². The highest BCUT2D eigenvalue weighted by Crippen LogP contribution is 2.32. The molecule has 0 atom stereocenters. The molecule has 2 aromatic carbocycles. The van der Waals surface area contributed by atoms with Gasteiger partial charge in [0.05, 0.1) is 15.6 Å². The monoisotopic (exact) mass is 354 g/mol. The van der Waals surface area contributed by atoms with Crippen molar-refractivity contribution in [2.24, 2.45) is 5.84 Å². The van der Waals surface area contributed by atoms with Crippen LogP contribution in [0, 0.1) is 0 Å². The quantitative estimate of drug-likeness (QED) is 0.371. The van der Waals surface area contributed by atoms with Gasteiger partial charge in [0.1, 0.15) is 11.3 Å². The van der Waals surface area contributed by atoms with Gasteiger partial charge in [-0.15, -0.1) is 0 Å². The first-order valence-electron chi connectivity index (χ1n) is 6.15. The summed E-state index contributed by atoms with van der Waals surface area (Å²) in [6.07, 6.45) is 0. The van der Waals surface area contributed by atoms with Crippen LogP contribution in [0.25, 0.3) is 22.4 Å². The third kappa shape index (κ3) is 2.64. The van der Waals surface area contributed by atoms with Crippen molar-refractivity contribution in [1.82, 2.24) is 15.4 Å². The summed E-state index contributed by atoms with van der Waals surface area (Å²) < 4.78 is 0. The van der Waals surface area contributed by atoms with E-state index < -0.39 is 5.91 Å². The maximum Gasteiger partial charge on any atom is 0.265 e. The number of benzene rings is 2. The van der Waals surface area contributed by atoms with E-state index in [1.807, 2.05) is 0 Å². The van der Waals surface area contributed by atoms with Crippen LogP contribution in [0.5, 0.6) is 0 Å². The van der Waals surface area contributed by atoms with Crippen LogP contribution in [0.3, 0.4) is 0 Å². The lowest BCUT2D eigenvalue weighted by molar-refractivity contribution is 0.0954. The van der Waals surface area contributed by atoms with Crippen LogP contribution in [0.2, 0.25) is 15.1 Å². The number of hydrogen-bond donors (Lipinski definition) is 3. The fourth-order valence-corrected chi connectivity index (χ4v) is 2.86. The number of amides is 1. The van der Waals surface area contributed by atoms with Gasteiger partial charge in [0, 0.05) is 16.1 Å². The third-order valence-corrected chi connectivity index (χ3v) is 3.96. The Kier molecular flexibility index (Phi) is 3.97. The first-order valence-corrected chi connectivity index (χ1v) is 7.28. The standard InChI is InChI=1S/C14H9Cl3N4O/c15-7-1-2-8(9(16)5-7)13-19-11-4-6(14(22)21-18)3-10(17)12(11)20-13/h1-5H,18H2,(H,19,20)(H,21,22). The molecule has 0 unspecified atom stereocenters. The zero-order valence-electron chi connectivity index (χ0n) is 11.0. The van der Waals surface area contributed by atoms with Gasteiger partial charge in [0.15, 0.2) is 0 Å². The number of nitrogens with two attached hydrogens (primary N) is 1. The maximum absolute atomic E-state index is 11.6. The first kappa shape index (κ1) is 15.1. The number of nitrogens with zero attached hydrogens (tertiary/aromatic N) is 1. The number of nitrogens with one attached hydrogen (secondary N) is 2. The predicted molar refractivity (Wildman–Crippen MR) is 88.2 cm³/mol. The van der Waals surface area contributed by atoms with Crippen molar-refractivity contribution in [3.05, 3.63) is 51.0 Å². The smallest absolute Gasteiger partial charge is 0.265 e. The summed E-state index contributed by atoms with van der Waals surface area (Å²) in [6.45, 7) is 0. The average Bonchev–Trinajstić information content (AvgIpc) is 2.90. The number of hydrogen-bond acceptors (Lipinski definition) is 3. The zero-order chi connectivity index (χ0) is 15.9. The van der Waals surface area contributed by atoms with E-state index in [1.54, 1.807) is 24.3 Å². The first-order chi connectivity index (χ1) is 10.5. The Morgan fingerprint density at radius 3 is 2.59 bits per heavy atom. The number of aromatic nitrogens is 2. The summed E-state index contributed by atoms with van der Waals surface area (Å²) in [5.41, 5.74) is 4.22. The van der Waals surface area contributed by atoms with E-state index >= 15 is 0 Å². The van der Waals surface area contributed by atoms with E-state index in [0.717, 1.165) is 0 Å². The molecule has 22 heavy (non-hydrogen) atoms. The molecule has 3 aromatic rings. The second-order valence-electron chi connectivity index (χ2n) is 4.54. The van der Waals surface area contributed by atoms with E-state index in [-0.39, 0.29) is 0 Å². The number of carbonyl (C=O) groups is 1. The van der Waals surface area contributed by atoms with Crippen LogP contribution in [0.1, 0.15) is 10.4 Å². The van der Waals surface area contributed by atoms with Gasteiger partial charge in [-0.2, -0.15) is 0 Å². The number of carbonyl (C=O) groups excluding carboxylic acids is 1. The van der Waals surface area contributed by atoms with Crippen LogP contribution in [0.15, 0.2) is 30.3 Å². The number of aromatic amines is 1. The Bertz CT molecular complexity index is 891. The molecule has 0 fully saturated rings. The zero-order valence-corrected chi connectivity index (χ0v) is 13.2.